The van der Waals surface area contributed by atoms with Crippen molar-refractivity contribution in [2.75, 3.05) is 39.0 Å². The van der Waals surface area contributed by atoms with E-state index in [9.17, 15) is 13.7 Å². The minimum atomic E-state index is -3.08. The Bertz CT molecular complexity index is 451. The van der Waals surface area contributed by atoms with Crippen LogP contribution in [0, 0.1) is 11.3 Å². The summed E-state index contributed by atoms with van der Waals surface area (Å²) in [5.74, 6) is 0. The Kier molecular flexibility index (Phi) is 5.95. The van der Waals surface area contributed by atoms with Gasteiger partial charge in [-0.3, -0.25) is 10.2 Å². The molecule has 0 aromatic rings. The van der Waals surface area contributed by atoms with Gasteiger partial charge in [-0.2, -0.15) is 9.57 Å². The van der Waals surface area contributed by atoms with Crippen LogP contribution in [0.5, 0.6) is 0 Å². The van der Waals surface area contributed by atoms with Gasteiger partial charge in [0.25, 0.3) is 0 Å². The van der Waals surface area contributed by atoms with Crippen molar-refractivity contribution in [2.45, 2.75) is 38.8 Å². The average Bonchev–Trinajstić information content (AvgIpc) is 2.38. The fraction of sp³-hybridized carbons (Fsp3) is 0.923. The Balaban J connectivity index is 2.55. The molecule has 0 aromatic carbocycles. The van der Waals surface area contributed by atoms with Crippen LogP contribution in [0.2, 0.25) is 0 Å². The van der Waals surface area contributed by atoms with Crippen LogP contribution in [0.15, 0.2) is 0 Å². The van der Waals surface area contributed by atoms with Crippen LogP contribution in [-0.4, -0.2) is 68.2 Å². The number of nitriles is 1. The van der Waals surface area contributed by atoms with Crippen molar-refractivity contribution in [1.29, 1.82) is 5.26 Å². The average molecular weight is 302 g/mol. The first-order valence-corrected chi connectivity index (χ1v) is 8.92. The van der Waals surface area contributed by atoms with E-state index in [0.29, 0.717) is 13.1 Å². The highest BCUT2D eigenvalue weighted by Crippen LogP contribution is 2.18. The molecule has 7 heteroatoms. The van der Waals surface area contributed by atoms with E-state index in [4.69, 9.17) is 0 Å². The molecule has 1 fully saturated rings. The molecule has 1 heterocycles. The van der Waals surface area contributed by atoms with Gasteiger partial charge in [-0.1, -0.05) is 6.92 Å². The summed E-state index contributed by atoms with van der Waals surface area (Å²) in [6.07, 6.45) is 1.99. The molecule has 1 rings (SSSR count). The zero-order valence-electron chi connectivity index (χ0n) is 12.9. The second-order valence-corrected chi connectivity index (χ2v) is 7.71. The molecule has 1 N–H and O–H groups in total. The maximum Gasteiger partial charge on any atom is 0.211 e. The topological polar surface area (TPSA) is 76.4 Å². The number of sulfonamides is 1. The van der Waals surface area contributed by atoms with Gasteiger partial charge in [0, 0.05) is 32.2 Å². The lowest BCUT2D eigenvalue weighted by atomic mass is 9.94. The predicted molar refractivity (Wildman–Crippen MR) is 79.8 cm³/mol. The van der Waals surface area contributed by atoms with E-state index in [-0.39, 0.29) is 6.04 Å². The lowest BCUT2D eigenvalue weighted by molar-refractivity contribution is 0.127. The monoisotopic (exact) mass is 302 g/mol. The zero-order valence-corrected chi connectivity index (χ0v) is 13.7. The van der Waals surface area contributed by atoms with Gasteiger partial charge in [0.1, 0.15) is 5.54 Å². The van der Waals surface area contributed by atoms with Crippen molar-refractivity contribution in [3.63, 3.8) is 0 Å². The van der Waals surface area contributed by atoms with Crippen molar-refractivity contribution >= 4 is 10.0 Å². The van der Waals surface area contributed by atoms with E-state index >= 15 is 0 Å². The molecule has 20 heavy (non-hydrogen) atoms. The Morgan fingerprint density at radius 2 is 1.90 bits per heavy atom. The van der Waals surface area contributed by atoms with Crippen LogP contribution in [0.3, 0.4) is 0 Å². The molecule has 1 saturated heterocycles. The van der Waals surface area contributed by atoms with Crippen molar-refractivity contribution in [2.24, 2.45) is 0 Å². The van der Waals surface area contributed by atoms with Gasteiger partial charge in [-0.05, 0) is 26.8 Å². The predicted octanol–water partition coefficient (Wildman–Crippen LogP) is 0.234. The van der Waals surface area contributed by atoms with Gasteiger partial charge < -0.3 is 0 Å². The molecular formula is C13H26N4O2S. The van der Waals surface area contributed by atoms with Gasteiger partial charge in [-0.15, -0.1) is 0 Å². The largest absolute Gasteiger partial charge is 0.300 e. The molecule has 0 radical (unpaired) electrons. The van der Waals surface area contributed by atoms with E-state index in [1.807, 2.05) is 13.8 Å². The Morgan fingerprint density at radius 1 is 1.35 bits per heavy atom. The standard InChI is InChI=1S/C13H26N4O2S/c1-5-15-13(3,11-14)10-12(2)16-6-8-17(9-7-16)20(4,18)19/h12,15H,5-10H2,1-4H3. The summed E-state index contributed by atoms with van der Waals surface area (Å²) >= 11 is 0. The van der Waals surface area contributed by atoms with Crippen LogP contribution in [0.25, 0.3) is 0 Å². The van der Waals surface area contributed by atoms with Gasteiger partial charge >= 0.3 is 0 Å². The van der Waals surface area contributed by atoms with E-state index < -0.39 is 15.6 Å². The number of rotatable bonds is 6. The third kappa shape index (κ3) is 4.70. The number of hydrogen-bond donors (Lipinski definition) is 1. The number of hydrogen-bond acceptors (Lipinski definition) is 5. The third-order valence-electron chi connectivity index (χ3n) is 3.88. The number of nitrogens with one attached hydrogen (secondary N) is 1. The Morgan fingerprint density at radius 3 is 2.30 bits per heavy atom. The second kappa shape index (κ2) is 6.85. The minimum Gasteiger partial charge on any atom is -0.300 e. The molecule has 0 amide bonds. The lowest BCUT2D eigenvalue weighted by Gasteiger charge is -2.39. The molecular weight excluding hydrogens is 276 g/mol. The molecule has 0 bridgehead atoms. The van der Waals surface area contributed by atoms with Crippen LogP contribution < -0.4 is 5.32 Å². The summed E-state index contributed by atoms with van der Waals surface area (Å²) in [6, 6.07) is 2.59. The fourth-order valence-electron chi connectivity index (χ4n) is 2.74. The van der Waals surface area contributed by atoms with Crippen LogP contribution in [0.1, 0.15) is 27.2 Å². The first-order chi connectivity index (χ1) is 9.22. The Labute approximate surface area is 122 Å². The van der Waals surface area contributed by atoms with Crippen LogP contribution in [-0.2, 0) is 10.0 Å². The highest BCUT2D eigenvalue weighted by molar-refractivity contribution is 7.88. The first-order valence-electron chi connectivity index (χ1n) is 7.07. The minimum absolute atomic E-state index is 0.250. The number of piperazine rings is 1. The fourth-order valence-corrected chi connectivity index (χ4v) is 3.57. The Hall–Kier alpha value is -0.680. The summed E-state index contributed by atoms with van der Waals surface area (Å²) < 4.78 is 24.5. The van der Waals surface area contributed by atoms with Crippen molar-refractivity contribution in [3.8, 4) is 6.07 Å². The van der Waals surface area contributed by atoms with Crippen LogP contribution >= 0.6 is 0 Å². The second-order valence-electron chi connectivity index (χ2n) is 5.73. The highest BCUT2D eigenvalue weighted by atomic mass is 32.2. The summed E-state index contributed by atoms with van der Waals surface area (Å²) in [5.41, 5.74) is -0.526. The maximum absolute atomic E-state index is 11.5. The van der Waals surface area contributed by atoms with Gasteiger partial charge in [-0.25, -0.2) is 8.42 Å². The molecule has 0 spiro atoms. The van der Waals surface area contributed by atoms with Crippen molar-refractivity contribution in [1.82, 2.24) is 14.5 Å². The van der Waals surface area contributed by atoms with Crippen molar-refractivity contribution in [3.05, 3.63) is 0 Å². The molecule has 0 aliphatic carbocycles. The van der Waals surface area contributed by atoms with Gasteiger partial charge in [0.05, 0.1) is 12.3 Å². The lowest BCUT2D eigenvalue weighted by Crippen LogP contribution is -2.53. The van der Waals surface area contributed by atoms with E-state index in [0.717, 1.165) is 26.1 Å². The van der Waals surface area contributed by atoms with Gasteiger partial charge in [0.2, 0.25) is 10.0 Å². The SMILES string of the molecule is CCNC(C)(C#N)CC(C)N1CCN(S(C)(=O)=O)CC1. The third-order valence-corrected chi connectivity index (χ3v) is 5.19. The molecule has 2 atom stereocenters. The summed E-state index contributed by atoms with van der Waals surface area (Å²) in [4.78, 5) is 2.26. The molecule has 2 unspecified atom stereocenters. The molecule has 6 nitrogen and oxygen atoms in total. The first kappa shape index (κ1) is 17.4. The zero-order chi connectivity index (χ0) is 15.4. The quantitative estimate of drug-likeness (QED) is 0.760. The summed E-state index contributed by atoms with van der Waals surface area (Å²) in [5, 5.41) is 12.5. The summed E-state index contributed by atoms with van der Waals surface area (Å²) in [7, 11) is -3.08. The van der Waals surface area contributed by atoms with Gasteiger partial charge in [0.15, 0.2) is 0 Å². The summed E-state index contributed by atoms with van der Waals surface area (Å²) in [6.45, 7) is 9.29. The van der Waals surface area contributed by atoms with Crippen LogP contribution in [0.4, 0.5) is 0 Å². The molecule has 0 aromatic heterocycles. The van der Waals surface area contributed by atoms with Crippen molar-refractivity contribution < 1.29 is 8.42 Å². The smallest absolute Gasteiger partial charge is 0.211 e. The number of nitrogens with zero attached hydrogens (tertiary/aromatic N) is 3. The maximum atomic E-state index is 11.5. The van der Waals surface area contributed by atoms with E-state index in [1.165, 1.54) is 10.6 Å². The normalized spacial score (nSPS) is 22.9. The van der Waals surface area contributed by atoms with E-state index in [2.05, 4.69) is 23.2 Å². The highest BCUT2D eigenvalue weighted by Gasteiger charge is 2.31. The molecule has 1 aliphatic heterocycles. The van der Waals surface area contributed by atoms with E-state index in [1.54, 1.807) is 0 Å². The molecule has 116 valence electrons. The molecule has 0 saturated carbocycles. The molecule has 1 aliphatic rings.